The molecule has 27 heavy (non-hydrogen) atoms. The molecule has 150 valence electrons. The third-order valence-corrected chi connectivity index (χ3v) is 4.14. The lowest BCUT2D eigenvalue weighted by atomic mass is 10.2. The number of rotatable bonds is 7. The Balaban J connectivity index is 1.76. The van der Waals surface area contributed by atoms with Crippen LogP contribution in [-0.4, -0.2) is 68.5 Å². The second kappa shape index (κ2) is 10.9. The predicted octanol–water partition coefficient (Wildman–Crippen LogP) is 0.924. The van der Waals surface area contributed by atoms with Crippen molar-refractivity contribution in [3.05, 3.63) is 23.8 Å². The Kier molecular flexibility index (Phi) is 8.56. The molecule has 3 N–H and O–H groups in total. The van der Waals surface area contributed by atoms with Crippen LogP contribution in [0.5, 0.6) is 11.5 Å². The van der Waals surface area contributed by atoms with Crippen molar-refractivity contribution < 1.29 is 19.0 Å². The number of nitrogens with one attached hydrogen (secondary N) is 3. The first-order valence-electron chi connectivity index (χ1n) is 8.98. The Labute approximate surface area is 165 Å². The maximum atomic E-state index is 12.3. The molecular formula is C18H28N4O4S. The Morgan fingerprint density at radius 1 is 1.26 bits per heavy atom. The molecule has 1 aromatic carbocycles. The fourth-order valence-electron chi connectivity index (χ4n) is 2.54. The minimum atomic E-state index is -0.318. The average molecular weight is 397 g/mol. The molecule has 0 bridgehead atoms. The first-order chi connectivity index (χ1) is 13.0. The van der Waals surface area contributed by atoms with Crippen LogP contribution in [0.3, 0.4) is 0 Å². The number of nitrogens with zero attached hydrogens (tertiary/aromatic N) is 1. The molecule has 0 spiro atoms. The molecule has 9 heteroatoms. The van der Waals surface area contributed by atoms with Gasteiger partial charge in [-0.1, -0.05) is 0 Å². The number of methoxy groups -OCH3 is 1. The summed E-state index contributed by atoms with van der Waals surface area (Å²) in [6, 6.07) is 5.02. The number of carbonyl (C=O) groups excluding carboxylic acids is 1. The van der Waals surface area contributed by atoms with E-state index >= 15 is 0 Å². The first kappa shape index (κ1) is 21.2. The quantitative estimate of drug-likeness (QED) is 0.464. The van der Waals surface area contributed by atoms with Gasteiger partial charge in [-0.05, 0) is 44.3 Å². The fourth-order valence-corrected chi connectivity index (χ4v) is 2.70. The maximum Gasteiger partial charge on any atom is 0.269 e. The monoisotopic (exact) mass is 396 g/mol. The highest BCUT2D eigenvalue weighted by Gasteiger charge is 2.13. The molecule has 1 amide bonds. The highest BCUT2D eigenvalue weighted by Crippen LogP contribution is 2.28. The van der Waals surface area contributed by atoms with Crippen LogP contribution in [0.4, 0.5) is 0 Å². The molecule has 1 fully saturated rings. The SMILES string of the molecule is COc1cc(C(=O)NNC(=S)NCCN2CCOCC2)ccc1OC(C)C. The predicted molar refractivity (Wildman–Crippen MR) is 107 cm³/mol. The third kappa shape index (κ3) is 7.20. The second-order valence-corrected chi connectivity index (χ2v) is 6.73. The largest absolute Gasteiger partial charge is 0.493 e. The number of hydrazine groups is 1. The summed E-state index contributed by atoms with van der Waals surface area (Å²) in [7, 11) is 1.54. The Bertz CT molecular complexity index is 636. The van der Waals surface area contributed by atoms with Gasteiger partial charge in [-0.15, -0.1) is 0 Å². The first-order valence-corrected chi connectivity index (χ1v) is 9.39. The van der Waals surface area contributed by atoms with E-state index in [-0.39, 0.29) is 12.0 Å². The van der Waals surface area contributed by atoms with E-state index in [1.54, 1.807) is 18.2 Å². The summed E-state index contributed by atoms with van der Waals surface area (Å²) in [6.45, 7) is 8.80. The number of hydrogen-bond donors (Lipinski definition) is 3. The summed E-state index contributed by atoms with van der Waals surface area (Å²) in [5, 5.41) is 3.43. The second-order valence-electron chi connectivity index (χ2n) is 6.32. The lowest BCUT2D eigenvalue weighted by Gasteiger charge is -2.26. The van der Waals surface area contributed by atoms with Gasteiger partial charge in [-0.3, -0.25) is 20.5 Å². The van der Waals surface area contributed by atoms with Crippen LogP contribution in [-0.2, 0) is 4.74 Å². The number of morpholine rings is 1. The van der Waals surface area contributed by atoms with E-state index in [0.717, 1.165) is 32.8 Å². The van der Waals surface area contributed by atoms with Gasteiger partial charge in [-0.2, -0.15) is 0 Å². The van der Waals surface area contributed by atoms with Crippen molar-refractivity contribution in [3.63, 3.8) is 0 Å². The number of thiocarbonyl (C=S) groups is 1. The van der Waals surface area contributed by atoms with E-state index in [9.17, 15) is 4.79 Å². The minimum Gasteiger partial charge on any atom is -0.493 e. The molecule has 2 rings (SSSR count). The summed E-state index contributed by atoms with van der Waals surface area (Å²) in [5.74, 6) is 0.779. The van der Waals surface area contributed by atoms with Crippen LogP contribution >= 0.6 is 12.2 Å². The topological polar surface area (TPSA) is 84.1 Å². The maximum absolute atomic E-state index is 12.3. The normalized spacial score (nSPS) is 14.5. The fraction of sp³-hybridized carbons (Fsp3) is 0.556. The van der Waals surface area contributed by atoms with E-state index < -0.39 is 0 Å². The van der Waals surface area contributed by atoms with Gasteiger partial charge in [0.1, 0.15) is 0 Å². The van der Waals surface area contributed by atoms with Gasteiger partial charge in [0.2, 0.25) is 0 Å². The zero-order chi connectivity index (χ0) is 19.6. The van der Waals surface area contributed by atoms with E-state index in [0.29, 0.717) is 28.7 Å². The molecule has 0 unspecified atom stereocenters. The summed E-state index contributed by atoms with van der Waals surface area (Å²) in [4.78, 5) is 14.6. The van der Waals surface area contributed by atoms with Crippen molar-refractivity contribution in [1.82, 2.24) is 21.1 Å². The number of hydrogen-bond acceptors (Lipinski definition) is 6. The van der Waals surface area contributed by atoms with Gasteiger partial charge >= 0.3 is 0 Å². The van der Waals surface area contributed by atoms with Gasteiger partial charge < -0.3 is 19.5 Å². The minimum absolute atomic E-state index is 0.0150. The van der Waals surface area contributed by atoms with Crippen LogP contribution in [0.2, 0.25) is 0 Å². The van der Waals surface area contributed by atoms with Crippen molar-refractivity contribution in [2.75, 3.05) is 46.5 Å². The van der Waals surface area contributed by atoms with Gasteiger partial charge in [0, 0.05) is 31.7 Å². The number of carbonyl (C=O) groups is 1. The average Bonchev–Trinajstić information content (AvgIpc) is 2.66. The molecule has 1 heterocycles. The zero-order valence-corrected chi connectivity index (χ0v) is 16.9. The number of amides is 1. The van der Waals surface area contributed by atoms with Crippen molar-refractivity contribution in [3.8, 4) is 11.5 Å². The van der Waals surface area contributed by atoms with Crippen LogP contribution in [0.1, 0.15) is 24.2 Å². The smallest absolute Gasteiger partial charge is 0.269 e. The number of ether oxygens (including phenoxy) is 3. The summed E-state index contributed by atoms with van der Waals surface area (Å²) in [6.07, 6.45) is 0.0150. The molecule has 1 aliphatic heterocycles. The van der Waals surface area contributed by atoms with Gasteiger partial charge in [0.05, 0.1) is 26.4 Å². The molecule has 0 atom stereocenters. The molecule has 1 aliphatic rings. The van der Waals surface area contributed by atoms with Crippen LogP contribution in [0.15, 0.2) is 18.2 Å². The van der Waals surface area contributed by atoms with Crippen LogP contribution < -0.4 is 25.6 Å². The molecule has 0 radical (unpaired) electrons. The third-order valence-electron chi connectivity index (χ3n) is 3.90. The van der Waals surface area contributed by atoms with Gasteiger partial charge in [-0.25, -0.2) is 0 Å². The van der Waals surface area contributed by atoms with Crippen molar-refractivity contribution in [2.45, 2.75) is 20.0 Å². The van der Waals surface area contributed by atoms with Gasteiger partial charge in [0.15, 0.2) is 16.6 Å². The summed E-state index contributed by atoms with van der Waals surface area (Å²) < 4.78 is 16.3. The Morgan fingerprint density at radius 2 is 2.00 bits per heavy atom. The molecular weight excluding hydrogens is 368 g/mol. The van der Waals surface area contributed by atoms with Crippen molar-refractivity contribution in [2.24, 2.45) is 0 Å². The lowest BCUT2D eigenvalue weighted by molar-refractivity contribution is 0.0389. The van der Waals surface area contributed by atoms with E-state index in [1.165, 1.54) is 7.11 Å². The highest BCUT2D eigenvalue weighted by molar-refractivity contribution is 7.80. The summed E-state index contributed by atoms with van der Waals surface area (Å²) in [5.41, 5.74) is 5.72. The zero-order valence-electron chi connectivity index (χ0n) is 16.0. The molecule has 1 saturated heterocycles. The molecule has 0 aromatic heterocycles. The molecule has 0 aliphatic carbocycles. The molecule has 0 saturated carbocycles. The lowest BCUT2D eigenvalue weighted by Crippen LogP contribution is -2.49. The van der Waals surface area contributed by atoms with Crippen LogP contribution in [0, 0.1) is 0 Å². The molecule has 8 nitrogen and oxygen atoms in total. The van der Waals surface area contributed by atoms with Crippen molar-refractivity contribution >= 4 is 23.2 Å². The highest BCUT2D eigenvalue weighted by atomic mass is 32.1. The Morgan fingerprint density at radius 3 is 2.67 bits per heavy atom. The van der Waals surface area contributed by atoms with Crippen molar-refractivity contribution in [1.29, 1.82) is 0 Å². The van der Waals surface area contributed by atoms with E-state index in [1.807, 2.05) is 13.8 Å². The standard InChI is InChI=1S/C18H28N4O4S/c1-13(2)26-15-5-4-14(12-16(15)24-3)17(23)20-21-18(27)19-6-7-22-8-10-25-11-9-22/h4-5,12-13H,6-11H2,1-3H3,(H,20,23)(H2,19,21,27). The van der Waals surface area contributed by atoms with Crippen LogP contribution in [0.25, 0.3) is 0 Å². The van der Waals surface area contributed by atoms with Gasteiger partial charge in [0.25, 0.3) is 5.91 Å². The van der Waals surface area contributed by atoms with E-state index in [2.05, 4.69) is 21.1 Å². The number of benzene rings is 1. The van der Waals surface area contributed by atoms with E-state index in [4.69, 9.17) is 26.4 Å². The molecule has 1 aromatic rings. The Hall–Kier alpha value is -2.10. The summed E-state index contributed by atoms with van der Waals surface area (Å²) >= 11 is 5.18.